The Balaban J connectivity index is 2.60. The molecule has 1 aromatic carbocycles. The number of carbonyl (C=O) groups excluding carboxylic acids is 2. The predicted molar refractivity (Wildman–Crippen MR) is 80.0 cm³/mol. The second-order valence-electron chi connectivity index (χ2n) is 4.66. The third-order valence-corrected chi connectivity index (χ3v) is 3.81. The lowest BCUT2D eigenvalue weighted by Gasteiger charge is -2.16. The van der Waals surface area contributed by atoms with E-state index in [2.05, 4.69) is 0 Å². The topological polar surface area (TPSA) is 80.7 Å². The van der Waals surface area contributed by atoms with Crippen LogP contribution in [0.4, 0.5) is 0 Å². The SMILES string of the molecule is CC(=O)SC[C@@H](C)C(=O)O[C@@H](Cc1ccccc1)C(=O)O. The van der Waals surface area contributed by atoms with Crippen LogP contribution in [0.2, 0.25) is 0 Å². The fraction of sp³-hybridized carbons (Fsp3) is 0.400. The molecule has 0 saturated heterocycles. The number of aliphatic carboxylic acids is 1. The monoisotopic (exact) mass is 310 g/mol. The Bertz CT molecular complexity index is 500. The van der Waals surface area contributed by atoms with Crippen LogP contribution in [0.3, 0.4) is 0 Å². The molecule has 0 spiro atoms. The number of ether oxygens (including phenoxy) is 1. The summed E-state index contributed by atoms with van der Waals surface area (Å²) in [5.74, 6) is -2.03. The van der Waals surface area contributed by atoms with Crippen LogP contribution < -0.4 is 0 Å². The first-order valence-corrected chi connectivity index (χ1v) is 7.49. The second kappa shape index (κ2) is 8.46. The van der Waals surface area contributed by atoms with Crippen molar-refractivity contribution in [3.8, 4) is 0 Å². The van der Waals surface area contributed by atoms with Crippen LogP contribution in [0, 0.1) is 5.92 Å². The molecule has 6 heteroatoms. The van der Waals surface area contributed by atoms with Gasteiger partial charge in [-0.3, -0.25) is 9.59 Å². The molecule has 5 nitrogen and oxygen atoms in total. The number of carbonyl (C=O) groups is 3. The van der Waals surface area contributed by atoms with Crippen molar-refractivity contribution in [3.63, 3.8) is 0 Å². The van der Waals surface area contributed by atoms with Gasteiger partial charge in [0.25, 0.3) is 0 Å². The third-order valence-electron chi connectivity index (χ3n) is 2.74. The lowest BCUT2D eigenvalue weighted by molar-refractivity contribution is -0.166. The minimum Gasteiger partial charge on any atom is -0.478 e. The molecule has 114 valence electrons. The van der Waals surface area contributed by atoms with E-state index in [0.717, 1.165) is 17.3 Å². The predicted octanol–water partition coefficient (Wildman–Crippen LogP) is 2.14. The van der Waals surface area contributed by atoms with Crippen molar-refractivity contribution in [2.45, 2.75) is 26.4 Å². The summed E-state index contributed by atoms with van der Waals surface area (Å²) in [6.07, 6.45) is -1.10. The lowest BCUT2D eigenvalue weighted by Crippen LogP contribution is -2.32. The van der Waals surface area contributed by atoms with Gasteiger partial charge in [-0.05, 0) is 5.56 Å². The van der Waals surface area contributed by atoms with Crippen molar-refractivity contribution in [2.75, 3.05) is 5.75 Å². The van der Waals surface area contributed by atoms with Crippen LogP contribution in [-0.4, -0.2) is 34.0 Å². The maximum atomic E-state index is 11.9. The molecule has 1 N–H and O–H groups in total. The van der Waals surface area contributed by atoms with E-state index in [-0.39, 0.29) is 17.3 Å². The van der Waals surface area contributed by atoms with Crippen LogP contribution in [-0.2, 0) is 25.5 Å². The zero-order chi connectivity index (χ0) is 15.8. The second-order valence-corrected chi connectivity index (χ2v) is 5.85. The van der Waals surface area contributed by atoms with E-state index in [1.165, 1.54) is 6.92 Å². The number of carboxylic acids is 1. The van der Waals surface area contributed by atoms with Gasteiger partial charge in [-0.2, -0.15) is 0 Å². The van der Waals surface area contributed by atoms with E-state index in [4.69, 9.17) is 9.84 Å². The van der Waals surface area contributed by atoms with Crippen molar-refractivity contribution < 1.29 is 24.2 Å². The highest BCUT2D eigenvalue weighted by molar-refractivity contribution is 8.13. The zero-order valence-electron chi connectivity index (χ0n) is 11.9. The Morgan fingerprint density at radius 3 is 2.38 bits per heavy atom. The average Bonchev–Trinajstić information content (AvgIpc) is 2.44. The first-order chi connectivity index (χ1) is 9.90. The van der Waals surface area contributed by atoms with Crippen molar-refractivity contribution >= 4 is 28.8 Å². The van der Waals surface area contributed by atoms with E-state index in [9.17, 15) is 14.4 Å². The van der Waals surface area contributed by atoms with Crippen molar-refractivity contribution in [2.24, 2.45) is 5.92 Å². The molecule has 0 aliphatic heterocycles. The molecule has 0 amide bonds. The number of carboxylic acid groups (broad SMARTS) is 1. The van der Waals surface area contributed by atoms with Gasteiger partial charge in [0.2, 0.25) is 6.10 Å². The summed E-state index contributed by atoms with van der Waals surface area (Å²) in [5.41, 5.74) is 0.781. The third kappa shape index (κ3) is 6.44. The number of benzene rings is 1. The van der Waals surface area contributed by atoms with Gasteiger partial charge in [0, 0.05) is 19.1 Å². The summed E-state index contributed by atoms with van der Waals surface area (Å²) in [4.78, 5) is 33.9. The standard InChI is InChI=1S/C15H18O5S/c1-10(9-21-11(2)16)15(19)20-13(14(17)18)8-12-6-4-3-5-7-12/h3-7,10,13H,8-9H2,1-2H3,(H,17,18)/t10-,13+/m1/s1. The summed E-state index contributed by atoms with van der Waals surface area (Å²) in [5, 5.41) is 9.06. The van der Waals surface area contributed by atoms with Crippen LogP contribution in [0.5, 0.6) is 0 Å². The van der Waals surface area contributed by atoms with Gasteiger partial charge in [0.1, 0.15) is 0 Å². The van der Waals surface area contributed by atoms with Crippen LogP contribution in [0.25, 0.3) is 0 Å². The van der Waals surface area contributed by atoms with Gasteiger partial charge in [-0.1, -0.05) is 49.0 Å². The van der Waals surface area contributed by atoms with Gasteiger partial charge >= 0.3 is 11.9 Å². The highest BCUT2D eigenvalue weighted by Crippen LogP contribution is 2.13. The minimum absolute atomic E-state index is 0.0891. The highest BCUT2D eigenvalue weighted by Gasteiger charge is 2.25. The van der Waals surface area contributed by atoms with Gasteiger partial charge < -0.3 is 9.84 Å². The molecule has 0 fully saturated rings. The number of rotatable bonds is 7. The zero-order valence-corrected chi connectivity index (χ0v) is 12.8. The number of hydrogen-bond donors (Lipinski definition) is 1. The average molecular weight is 310 g/mol. The van der Waals surface area contributed by atoms with E-state index in [1.807, 2.05) is 6.07 Å². The normalized spacial score (nSPS) is 13.2. The molecule has 0 aliphatic rings. The summed E-state index contributed by atoms with van der Waals surface area (Å²) < 4.78 is 5.05. The molecule has 0 radical (unpaired) electrons. The first-order valence-electron chi connectivity index (χ1n) is 6.50. The summed E-state index contributed by atoms with van der Waals surface area (Å²) in [6, 6.07) is 8.97. The fourth-order valence-electron chi connectivity index (χ4n) is 1.57. The van der Waals surface area contributed by atoms with E-state index in [1.54, 1.807) is 31.2 Å². The van der Waals surface area contributed by atoms with Crippen molar-refractivity contribution in [1.82, 2.24) is 0 Å². The molecular weight excluding hydrogens is 292 g/mol. The molecule has 0 aromatic heterocycles. The molecule has 1 rings (SSSR count). The Morgan fingerprint density at radius 2 is 1.86 bits per heavy atom. The molecular formula is C15H18O5S. The quantitative estimate of drug-likeness (QED) is 0.777. The van der Waals surface area contributed by atoms with Gasteiger partial charge in [0.05, 0.1) is 5.92 Å². The van der Waals surface area contributed by atoms with Gasteiger partial charge in [-0.25, -0.2) is 4.79 Å². The minimum atomic E-state index is -1.22. The van der Waals surface area contributed by atoms with Crippen LogP contribution >= 0.6 is 11.8 Å². The smallest absolute Gasteiger partial charge is 0.345 e. The maximum Gasteiger partial charge on any atom is 0.345 e. The first kappa shape index (κ1) is 17.2. The van der Waals surface area contributed by atoms with E-state index in [0.29, 0.717) is 0 Å². The fourth-order valence-corrected chi connectivity index (χ4v) is 2.20. The largest absolute Gasteiger partial charge is 0.478 e. The van der Waals surface area contributed by atoms with Crippen molar-refractivity contribution in [3.05, 3.63) is 35.9 Å². The Labute approximate surface area is 127 Å². The van der Waals surface area contributed by atoms with Crippen molar-refractivity contribution in [1.29, 1.82) is 0 Å². The molecule has 0 unspecified atom stereocenters. The van der Waals surface area contributed by atoms with E-state index < -0.39 is 24.0 Å². The van der Waals surface area contributed by atoms with Gasteiger partial charge in [0.15, 0.2) is 5.12 Å². The van der Waals surface area contributed by atoms with Gasteiger partial charge in [-0.15, -0.1) is 0 Å². The summed E-state index contributed by atoms with van der Waals surface area (Å²) in [7, 11) is 0. The Morgan fingerprint density at radius 1 is 1.24 bits per heavy atom. The molecule has 21 heavy (non-hydrogen) atoms. The molecule has 0 aliphatic carbocycles. The number of thioether (sulfide) groups is 1. The number of hydrogen-bond acceptors (Lipinski definition) is 5. The van der Waals surface area contributed by atoms with Crippen LogP contribution in [0.1, 0.15) is 19.4 Å². The molecule has 1 aromatic rings. The maximum absolute atomic E-state index is 11.9. The molecule has 2 atom stereocenters. The lowest BCUT2D eigenvalue weighted by atomic mass is 10.1. The highest BCUT2D eigenvalue weighted by atomic mass is 32.2. The van der Waals surface area contributed by atoms with Crippen LogP contribution in [0.15, 0.2) is 30.3 Å². The van der Waals surface area contributed by atoms with E-state index >= 15 is 0 Å². The Kier molecular flexibility index (Phi) is 6.94. The molecule has 0 heterocycles. The number of esters is 1. The Hall–Kier alpha value is -1.82. The summed E-state index contributed by atoms with van der Waals surface area (Å²) >= 11 is 1.02. The molecule has 0 saturated carbocycles. The summed E-state index contributed by atoms with van der Waals surface area (Å²) in [6.45, 7) is 3.03. The molecule has 0 bridgehead atoms.